The Bertz CT molecular complexity index is 1320. The molecule has 0 radical (unpaired) electrons. The molecule has 56 heavy (non-hydrogen) atoms. The number of hydrogen-bond donors (Lipinski definition) is 3. The van der Waals surface area contributed by atoms with Gasteiger partial charge < -0.3 is 43.9 Å². The number of carbonyl (C=O) groups excluding carboxylic acids is 2. The van der Waals surface area contributed by atoms with Crippen molar-refractivity contribution in [3.63, 3.8) is 0 Å². The molecule has 3 N–H and O–H groups in total. The van der Waals surface area contributed by atoms with Gasteiger partial charge in [0.25, 0.3) is 0 Å². The Morgan fingerprint density at radius 1 is 1.09 bits per heavy atom. The van der Waals surface area contributed by atoms with E-state index in [9.17, 15) is 24.9 Å². The number of cyclic esters (lactones) is 1. The second-order valence-electron chi connectivity index (χ2n) is 17.3. The molecule has 3 aliphatic heterocycles. The van der Waals surface area contributed by atoms with Crippen LogP contribution >= 0.6 is 0 Å². The molecule has 0 aromatic heterocycles. The maximum absolute atomic E-state index is 13.9. The van der Waals surface area contributed by atoms with Gasteiger partial charge in [-0.1, -0.05) is 70.8 Å². The summed E-state index contributed by atoms with van der Waals surface area (Å²) in [6.07, 6.45) is 13.7. The van der Waals surface area contributed by atoms with Crippen LogP contribution in [0.2, 0.25) is 0 Å². The highest BCUT2D eigenvalue weighted by Crippen LogP contribution is 2.38. The molecule has 2 saturated heterocycles. The van der Waals surface area contributed by atoms with Crippen molar-refractivity contribution in [2.75, 3.05) is 32.8 Å². The highest BCUT2D eigenvalue weighted by molar-refractivity contribution is 5.70. The van der Waals surface area contributed by atoms with Gasteiger partial charge in [0.05, 0.1) is 36.4 Å². The van der Waals surface area contributed by atoms with E-state index in [-0.39, 0.29) is 36.9 Å². The Hall–Kier alpha value is -2.32. The highest BCUT2D eigenvalue weighted by Gasteiger charge is 2.47. The van der Waals surface area contributed by atoms with E-state index < -0.39 is 54.0 Å². The van der Waals surface area contributed by atoms with E-state index in [2.05, 4.69) is 4.90 Å². The summed E-state index contributed by atoms with van der Waals surface area (Å²) in [6.45, 7) is 18.2. The van der Waals surface area contributed by atoms with Gasteiger partial charge in [-0.15, -0.1) is 0 Å². The molecule has 0 aromatic carbocycles. The van der Waals surface area contributed by atoms with Crippen molar-refractivity contribution in [2.24, 2.45) is 11.8 Å². The molecule has 4 rings (SSSR count). The fourth-order valence-electron chi connectivity index (χ4n) is 8.64. The quantitative estimate of drug-likeness (QED) is 0.0445. The third-order valence-electron chi connectivity index (χ3n) is 12.3. The fourth-order valence-corrected chi connectivity index (χ4v) is 8.64. The summed E-state index contributed by atoms with van der Waals surface area (Å²) >= 11 is 0. The van der Waals surface area contributed by atoms with Gasteiger partial charge >= 0.3 is 12.1 Å². The van der Waals surface area contributed by atoms with E-state index >= 15 is 0 Å². The lowest BCUT2D eigenvalue weighted by atomic mass is 9.88. The molecule has 320 valence electrons. The standard InChI is InChI=1S/C44H74N2O10/c1-9-36(48)32(5)41-37(53-41)29-43(7,51)22-15-16-30(3)40-31(4)19-20-38(44(8,56-33(6)52-10-2)23-21-35(47)28-39(49)55-40)54-42(50)46-26-24-45(25-27-46)34-17-13-11-12-14-18-34/h15-16,19-20,22,31-38,40-41,47-48,51H,9-14,17-18,21,23-29H2,1-8H3. The zero-order valence-corrected chi connectivity index (χ0v) is 35.6. The molecule has 1 aliphatic carbocycles. The smallest absolute Gasteiger partial charge is 0.410 e. The zero-order valence-electron chi connectivity index (χ0n) is 35.6. The van der Waals surface area contributed by atoms with E-state index in [0.29, 0.717) is 45.0 Å². The topological polar surface area (TPSA) is 151 Å². The minimum absolute atomic E-state index is 0.0113. The van der Waals surface area contributed by atoms with Crippen LogP contribution in [-0.2, 0) is 28.5 Å². The van der Waals surface area contributed by atoms with Gasteiger partial charge in [0.2, 0.25) is 0 Å². The number of aliphatic hydroxyl groups excluding tert-OH is 2. The molecular weight excluding hydrogens is 716 g/mol. The lowest BCUT2D eigenvalue weighted by Gasteiger charge is -2.41. The van der Waals surface area contributed by atoms with Gasteiger partial charge in [0, 0.05) is 57.1 Å². The minimum atomic E-state index is -1.16. The van der Waals surface area contributed by atoms with Crippen molar-refractivity contribution in [1.29, 1.82) is 0 Å². The molecule has 4 aliphatic rings. The number of hydrogen-bond acceptors (Lipinski definition) is 11. The van der Waals surface area contributed by atoms with Gasteiger partial charge in [-0.3, -0.25) is 9.69 Å². The summed E-state index contributed by atoms with van der Waals surface area (Å²) in [4.78, 5) is 31.4. The monoisotopic (exact) mass is 791 g/mol. The molecule has 0 aromatic rings. The number of ether oxygens (including phenoxy) is 5. The third kappa shape index (κ3) is 13.9. The number of piperazine rings is 1. The number of carbonyl (C=O) groups is 2. The lowest BCUT2D eigenvalue weighted by molar-refractivity contribution is -0.222. The summed E-state index contributed by atoms with van der Waals surface area (Å²) in [6, 6.07) is 0.581. The van der Waals surface area contributed by atoms with Crippen LogP contribution in [-0.4, -0.2) is 130 Å². The summed E-state index contributed by atoms with van der Waals surface area (Å²) in [5.41, 5.74) is -1.51. The second-order valence-corrected chi connectivity index (χ2v) is 17.3. The normalized spacial score (nSPS) is 33.4. The van der Waals surface area contributed by atoms with E-state index in [1.807, 2.05) is 59.8 Å². The molecule has 1 saturated carbocycles. The number of amides is 1. The van der Waals surface area contributed by atoms with Crippen LogP contribution < -0.4 is 0 Å². The molecule has 11 unspecified atom stereocenters. The average molecular weight is 791 g/mol. The van der Waals surface area contributed by atoms with Crippen LogP contribution in [0.15, 0.2) is 36.0 Å². The van der Waals surface area contributed by atoms with Gasteiger partial charge in [0.1, 0.15) is 11.7 Å². The predicted molar refractivity (Wildman–Crippen MR) is 216 cm³/mol. The van der Waals surface area contributed by atoms with E-state index in [1.165, 1.54) is 38.5 Å². The van der Waals surface area contributed by atoms with E-state index in [1.54, 1.807) is 30.9 Å². The first-order chi connectivity index (χ1) is 26.6. The third-order valence-corrected chi connectivity index (χ3v) is 12.3. The number of allylic oxidation sites excluding steroid dienone is 2. The van der Waals surface area contributed by atoms with Crippen molar-refractivity contribution in [2.45, 2.75) is 186 Å². The largest absolute Gasteiger partial charge is 0.457 e. The molecular formula is C44H74N2O10. The van der Waals surface area contributed by atoms with Crippen molar-refractivity contribution in [3.8, 4) is 0 Å². The SMILES string of the molecule is CCOC(C)OC1(C)CCC(O)CC(=O)OC(C(C)=CC=CC(C)(O)CC2OC2C(C)C(O)CC)C(C)C=CC1OC(=O)N1CCN(C2CCCCCC2)CC1. The Morgan fingerprint density at radius 2 is 1.77 bits per heavy atom. The van der Waals surface area contributed by atoms with Crippen LogP contribution in [0.5, 0.6) is 0 Å². The van der Waals surface area contributed by atoms with Crippen molar-refractivity contribution in [1.82, 2.24) is 9.80 Å². The van der Waals surface area contributed by atoms with Crippen molar-refractivity contribution >= 4 is 12.1 Å². The number of epoxide rings is 1. The minimum Gasteiger partial charge on any atom is -0.457 e. The van der Waals surface area contributed by atoms with Gasteiger partial charge in [-0.25, -0.2) is 4.79 Å². The van der Waals surface area contributed by atoms with Gasteiger partial charge in [-0.2, -0.15) is 0 Å². The summed E-state index contributed by atoms with van der Waals surface area (Å²) in [7, 11) is 0. The van der Waals surface area contributed by atoms with Crippen LogP contribution in [0.1, 0.15) is 126 Å². The molecule has 12 nitrogen and oxygen atoms in total. The summed E-state index contributed by atoms with van der Waals surface area (Å²) < 4.78 is 30.4. The number of aliphatic hydroxyl groups is 3. The number of esters is 1. The Kier molecular flexibility index (Phi) is 17.9. The molecule has 0 bridgehead atoms. The lowest BCUT2D eigenvalue weighted by Crippen LogP contribution is -2.54. The molecule has 1 amide bonds. The van der Waals surface area contributed by atoms with Crippen LogP contribution in [0.25, 0.3) is 0 Å². The summed E-state index contributed by atoms with van der Waals surface area (Å²) in [5.74, 6) is -0.892. The zero-order chi connectivity index (χ0) is 41.0. The Morgan fingerprint density at radius 3 is 2.41 bits per heavy atom. The first-order valence-electron chi connectivity index (χ1n) is 21.5. The van der Waals surface area contributed by atoms with Gasteiger partial charge in [0.15, 0.2) is 12.4 Å². The average Bonchev–Trinajstić information content (AvgIpc) is 3.96. The Balaban J connectivity index is 1.52. The first-order valence-corrected chi connectivity index (χ1v) is 21.5. The number of rotatable bonds is 14. The van der Waals surface area contributed by atoms with Crippen LogP contribution in [0.4, 0.5) is 4.79 Å². The van der Waals surface area contributed by atoms with Crippen LogP contribution in [0, 0.1) is 11.8 Å². The molecule has 12 heteroatoms. The predicted octanol–water partition coefficient (Wildman–Crippen LogP) is 6.46. The molecule has 3 heterocycles. The highest BCUT2D eigenvalue weighted by atomic mass is 16.7. The molecule has 3 fully saturated rings. The fraction of sp³-hybridized carbons (Fsp3) is 0.818. The molecule has 11 atom stereocenters. The van der Waals surface area contributed by atoms with Crippen LogP contribution in [0.3, 0.4) is 0 Å². The molecule has 0 spiro atoms. The van der Waals surface area contributed by atoms with Gasteiger partial charge in [-0.05, 0) is 78.4 Å². The maximum atomic E-state index is 13.9. The number of nitrogens with zero attached hydrogens (tertiary/aromatic N) is 2. The van der Waals surface area contributed by atoms with Crippen molar-refractivity contribution in [3.05, 3.63) is 36.0 Å². The second kappa shape index (κ2) is 21.6. The van der Waals surface area contributed by atoms with Crippen molar-refractivity contribution < 1.29 is 48.6 Å². The summed E-state index contributed by atoms with van der Waals surface area (Å²) in [5, 5.41) is 32.4. The maximum Gasteiger partial charge on any atom is 0.410 e. The first kappa shape index (κ1) is 46.4. The van der Waals surface area contributed by atoms with E-state index in [0.717, 1.165) is 18.7 Å². The Labute approximate surface area is 336 Å². The van der Waals surface area contributed by atoms with E-state index in [4.69, 9.17) is 23.7 Å².